The number of aromatic nitrogens is 4. The molecule has 0 saturated heterocycles. The van der Waals surface area contributed by atoms with E-state index in [0.717, 1.165) is 0 Å². The summed E-state index contributed by atoms with van der Waals surface area (Å²) in [6.45, 7) is 5.78. The van der Waals surface area contributed by atoms with Crippen molar-refractivity contribution in [2.45, 2.75) is 39.2 Å². The SMILES string of the molecule is CC(C)(C)OC(=O)n1ccnc1CCCNC(=O)c1ccc2nc(-c3ccc(F)cc3)c(Cl)nc2c1. The number of nitrogens with zero attached hydrogens (tertiary/aromatic N) is 4. The van der Waals surface area contributed by atoms with E-state index in [1.807, 2.05) is 0 Å². The topological polar surface area (TPSA) is 99.0 Å². The lowest BCUT2D eigenvalue weighted by atomic mass is 10.1. The van der Waals surface area contributed by atoms with Crippen LogP contribution in [0.25, 0.3) is 22.3 Å². The van der Waals surface area contributed by atoms with Gasteiger partial charge in [0.1, 0.15) is 22.9 Å². The summed E-state index contributed by atoms with van der Waals surface area (Å²) in [7, 11) is 0. The van der Waals surface area contributed by atoms with Crippen molar-refractivity contribution in [1.82, 2.24) is 24.8 Å². The molecule has 4 rings (SSSR count). The van der Waals surface area contributed by atoms with Gasteiger partial charge < -0.3 is 10.1 Å². The molecule has 0 fully saturated rings. The van der Waals surface area contributed by atoms with Crippen molar-refractivity contribution in [2.75, 3.05) is 6.54 Å². The molecule has 2 aromatic heterocycles. The average molecular weight is 510 g/mol. The highest BCUT2D eigenvalue weighted by Gasteiger charge is 2.20. The van der Waals surface area contributed by atoms with Crippen LogP contribution in [0.15, 0.2) is 54.9 Å². The molecule has 4 aromatic rings. The molecule has 1 amide bonds. The number of imidazole rings is 1. The Morgan fingerprint density at radius 2 is 1.83 bits per heavy atom. The standard InChI is InChI=1S/C26H25ClFN5O3/c1-26(2,3)36-25(35)33-14-13-29-21(33)5-4-12-30-24(34)17-8-11-19-20(15-17)32-23(27)22(31-19)16-6-9-18(28)10-7-16/h6-11,13-15H,4-5,12H2,1-3H3,(H,30,34). The van der Waals surface area contributed by atoms with Gasteiger partial charge in [0.2, 0.25) is 0 Å². The molecule has 36 heavy (non-hydrogen) atoms. The lowest BCUT2D eigenvalue weighted by Gasteiger charge is -2.20. The van der Waals surface area contributed by atoms with Gasteiger partial charge in [-0.25, -0.2) is 28.7 Å². The van der Waals surface area contributed by atoms with Crippen molar-refractivity contribution >= 4 is 34.6 Å². The molecule has 8 nitrogen and oxygen atoms in total. The number of benzene rings is 2. The van der Waals surface area contributed by atoms with Crippen LogP contribution in [0.2, 0.25) is 5.15 Å². The Labute approximate surface area is 212 Å². The molecule has 0 aliphatic carbocycles. The van der Waals surface area contributed by atoms with Gasteiger partial charge in [0.05, 0.1) is 11.0 Å². The summed E-state index contributed by atoms with van der Waals surface area (Å²) >= 11 is 6.32. The van der Waals surface area contributed by atoms with Gasteiger partial charge in [0.15, 0.2) is 5.15 Å². The summed E-state index contributed by atoms with van der Waals surface area (Å²) in [5.41, 5.74) is 1.92. The average Bonchev–Trinajstić information content (AvgIpc) is 3.29. The largest absolute Gasteiger partial charge is 0.443 e. The van der Waals surface area contributed by atoms with E-state index in [4.69, 9.17) is 16.3 Å². The van der Waals surface area contributed by atoms with Crippen molar-refractivity contribution in [1.29, 1.82) is 0 Å². The second-order valence-electron chi connectivity index (χ2n) is 9.13. The number of aryl methyl sites for hydroxylation is 1. The van der Waals surface area contributed by atoms with Crippen LogP contribution in [0.1, 0.15) is 43.4 Å². The molecule has 0 spiro atoms. The zero-order valence-electron chi connectivity index (χ0n) is 20.1. The molecule has 186 valence electrons. The molecule has 2 aromatic carbocycles. The smallest absolute Gasteiger partial charge is 0.419 e. The zero-order valence-corrected chi connectivity index (χ0v) is 20.8. The van der Waals surface area contributed by atoms with Crippen LogP contribution in [0.4, 0.5) is 9.18 Å². The summed E-state index contributed by atoms with van der Waals surface area (Å²) in [5.74, 6) is -0.0634. The van der Waals surface area contributed by atoms with Gasteiger partial charge in [-0.2, -0.15) is 0 Å². The Morgan fingerprint density at radius 1 is 1.08 bits per heavy atom. The van der Waals surface area contributed by atoms with Gasteiger partial charge in [0.25, 0.3) is 5.91 Å². The molecular formula is C26H25ClFN5O3. The first-order valence-electron chi connectivity index (χ1n) is 11.4. The van der Waals surface area contributed by atoms with Crippen LogP contribution in [0.5, 0.6) is 0 Å². The van der Waals surface area contributed by atoms with E-state index < -0.39 is 11.7 Å². The van der Waals surface area contributed by atoms with Crippen LogP contribution >= 0.6 is 11.6 Å². The lowest BCUT2D eigenvalue weighted by molar-refractivity contribution is 0.0531. The molecule has 2 heterocycles. The minimum Gasteiger partial charge on any atom is -0.443 e. The maximum Gasteiger partial charge on any atom is 0.419 e. The number of halogens is 2. The number of carbonyl (C=O) groups is 2. The Morgan fingerprint density at radius 3 is 2.56 bits per heavy atom. The molecular weight excluding hydrogens is 485 g/mol. The van der Waals surface area contributed by atoms with Gasteiger partial charge in [-0.05, 0) is 69.7 Å². The third kappa shape index (κ3) is 6.04. The van der Waals surface area contributed by atoms with E-state index in [-0.39, 0.29) is 16.9 Å². The lowest BCUT2D eigenvalue weighted by Crippen LogP contribution is -2.28. The molecule has 10 heteroatoms. The number of ether oxygens (including phenoxy) is 1. The Bertz CT molecular complexity index is 1410. The Kier molecular flexibility index (Phi) is 7.30. The third-order valence-electron chi connectivity index (χ3n) is 5.17. The predicted molar refractivity (Wildman–Crippen MR) is 134 cm³/mol. The van der Waals surface area contributed by atoms with E-state index in [1.165, 1.54) is 16.7 Å². The highest BCUT2D eigenvalue weighted by molar-refractivity contribution is 6.32. The summed E-state index contributed by atoms with van der Waals surface area (Å²) in [6.07, 6.45) is 3.67. The summed E-state index contributed by atoms with van der Waals surface area (Å²) in [5, 5.41) is 3.02. The summed E-state index contributed by atoms with van der Waals surface area (Å²) < 4.78 is 20.0. The first-order valence-corrected chi connectivity index (χ1v) is 11.8. The van der Waals surface area contributed by atoms with Crippen LogP contribution in [0.3, 0.4) is 0 Å². The maximum atomic E-state index is 13.2. The van der Waals surface area contributed by atoms with Crippen molar-refractivity contribution < 1.29 is 18.7 Å². The fourth-order valence-corrected chi connectivity index (χ4v) is 3.75. The van der Waals surface area contributed by atoms with Gasteiger partial charge in [0, 0.05) is 36.5 Å². The number of nitrogens with one attached hydrogen (secondary N) is 1. The number of fused-ring (bicyclic) bond motifs is 1. The first-order chi connectivity index (χ1) is 17.1. The fraction of sp³-hybridized carbons (Fsp3) is 0.269. The summed E-state index contributed by atoms with van der Waals surface area (Å²) in [4.78, 5) is 38.1. The summed E-state index contributed by atoms with van der Waals surface area (Å²) in [6, 6.07) is 10.8. The van der Waals surface area contributed by atoms with Gasteiger partial charge in [-0.1, -0.05) is 11.6 Å². The van der Waals surface area contributed by atoms with Crippen molar-refractivity contribution in [3.8, 4) is 11.3 Å². The Balaban J connectivity index is 1.37. The van der Waals surface area contributed by atoms with Crippen molar-refractivity contribution in [3.05, 3.63) is 77.2 Å². The maximum absolute atomic E-state index is 13.2. The molecule has 0 aliphatic rings. The molecule has 0 atom stereocenters. The molecule has 0 saturated carbocycles. The molecule has 0 radical (unpaired) electrons. The first kappa shape index (κ1) is 25.2. The predicted octanol–water partition coefficient (Wildman–Crippen LogP) is 5.43. The van der Waals surface area contributed by atoms with Crippen molar-refractivity contribution in [2.24, 2.45) is 0 Å². The van der Waals surface area contributed by atoms with Crippen LogP contribution in [0, 0.1) is 5.82 Å². The van der Waals surface area contributed by atoms with Crippen molar-refractivity contribution in [3.63, 3.8) is 0 Å². The number of hydrogen-bond acceptors (Lipinski definition) is 6. The highest BCUT2D eigenvalue weighted by Crippen LogP contribution is 2.27. The molecule has 0 unspecified atom stereocenters. The fourth-order valence-electron chi connectivity index (χ4n) is 3.51. The second kappa shape index (κ2) is 10.4. The minimum atomic E-state index is -0.608. The third-order valence-corrected chi connectivity index (χ3v) is 5.44. The Hall–Kier alpha value is -3.85. The number of carbonyl (C=O) groups excluding carboxylic acids is 2. The van der Waals surface area contributed by atoms with E-state index in [2.05, 4.69) is 20.3 Å². The normalized spacial score (nSPS) is 11.5. The zero-order chi connectivity index (χ0) is 25.9. The number of amides is 1. The highest BCUT2D eigenvalue weighted by atomic mass is 35.5. The van der Waals surface area contributed by atoms with Gasteiger partial charge in [-0.3, -0.25) is 4.79 Å². The van der Waals surface area contributed by atoms with E-state index in [0.29, 0.717) is 53.1 Å². The van der Waals surface area contributed by atoms with Gasteiger partial charge >= 0.3 is 6.09 Å². The van der Waals surface area contributed by atoms with E-state index >= 15 is 0 Å². The number of rotatable bonds is 6. The second-order valence-corrected chi connectivity index (χ2v) is 9.48. The van der Waals surface area contributed by atoms with Crippen LogP contribution in [-0.2, 0) is 11.2 Å². The van der Waals surface area contributed by atoms with Crippen LogP contribution < -0.4 is 5.32 Å². The quantitative estimate of drug-likeness (QED) is 0.348. The minimum absolute atomic E-state index is 0.159. The molecule has 0 bridgehead atoms. The molecule has 1 N–H and O–H groups in total. The number of hydrogen-bond donors (Lipinski definition) is 1. The van der Waals surface area contributed by atoms with Crippen LogP contribution in [-0.4, -0.2) is 43.7 Å². The van der Waals surface area contributed by atoms with E-state index in [9.17, 15) is 14.0 Å². The monoisotopic (exact) mass is 509 g/mol. The van der Waals surface area contributed by atoms with E-state index in [1.54, 1.807) is 63.5 Å². The molecule has 0 aliphatic heterocycles. The van der Waals surface area contributed by atoms with Gasteiger partial charge in [-0.15, -0.1) is 0 Å².